The van der Waals surface area contributed by atoms with Crippen LogP contribution in [0, 0.1) is 11.8 Å². The Kier molecular flexibility index (Phi) is 9.03. The van der Waals surface area contributed by atoms with Crippen molar-refractivity contribution in [3.63, 3.8) is 0 Å². The Balaban J connectivity index is 1.59. The van der Waals surface area contributed by atoms with Crippen LogP contribution >= 0.6 is 0 Å². The molecule has 0 aromatic rings. The van der Waals surface area contributed by atoms with E-state index in [9.17, 15) is 19.5 Å². The second kappa shape index (κ2) is 12.0. The first-order chi connectivity index (χ1) is 17.5. The summed E-state index contributed by atoms with van der Waals surface area (Å²) in [6, 6.07) is -0.779. The maximum Gasteiger partial charge on any atom is 0.312 e. The molecule has 0 aromatic heterocycles. The van der Waals surface area contributed by atoms with E-state index in [1.165, 1.54) is 0 Å². The van der Waals surface area contributed by atoms with Crippen LogP contribution < -0.4 is 0 Å². The Hall–Kier alpha value is -2.01. The first-order valence-electron chi connectivity index (χ1n) is 13.4. The quantitative estimate of drug-likeness (QED) is 0.217. The van der Waals surface area contributed by atoms with Crippen molar-refractivity contribution in [3.05, 3.63) is 12.7 Å². The minimum atomic E-state index is -1.01. The summed E-state index contributed by atoms with van der Waals surface area (Å²) in [5.41, 5.74) is -1.01. The fourth-order valence-corrected chi connectivity index (χ4v) is 6.46. The molecule has 0 aliphatic carbocycles. The van der Waals surface area contributed by atoms with Gasteiger partial charge < -0.3 is 29.1 Å². The average molecular weight is 508 g/mol. The minimum absolute atomic E-state index is 0.0905. The highest BCUT2D eigenvalue weighted by atomic mass is 16.6. The van der Waals surface area contributed by atoms with Crippen molar-refractivity contribution in [1.82, 2.24) is 14.7 Å². The van der Waals surface area contributed by atoms with Crippen LogP contribution in [0.3, 0.4) is 0 Å². The third-order valence-corrected chi connectivity index (χ3v) is 8.10. The van der Waals surface area contributed by atoms with Gasteiger partial charge in [-0.2, -0.15) is 0 Å². The molecule has 0 radical (unpaired) electrons. The molecular formula is C26H41N3O7. The normalized spacial score (nSPS) is 31.5. The monoisotopic (exact) mass is 507 g/mol. The topological polar surface area (TPSA) is 109 Å². The summed E-state index contributed by atoms with van der Waals surface area (Å²) in [6.07, 6.45) is 4.57. The molecular weight excluding hydrogens is 466 g/mol. The zero-order valence-electron chi connectivity index (χ0n) is 21.4. The van der Waals surface area contributed by atoms with E-state index in [0.717, 1.165) is 19.5 Å². The molecule has 4 fully saturated rings. The molecule has 5 atom stereocenters. The number of hydrogen-bond donors (Lipinski definition) is 1. The summed E-state index contributed by atoms with van der Waals surface area (Å²) in [6.45, 7) is 10.9. The molecule has 10 heteroatoms. The largest absolute Gasteiger partial charge is 0.466 e. The molecule has 2 bridgehead atoms. The average Bonchev–Trinajstić information content (AvgIpc) is 3.52. The number of nitrogens with zero attached hydrogens (tertiary/aromatic N) is 3. The molecule has 0 saturated carbocycles. The Labute approximate surface area is 213 Å². The molecule has 2 amide bonds. The van der Waals surface area contributed by atoms with E-state index in [4.69, 9.17) is 14.2 Å². The fraction of sp³-hybridized carbons (Fsp3) is 0.808. The molecule has 0 unspecified atom stereocenters. The predicted octanol–water partition coefficient (Wildman–Crippen LogP) is 0.434. The van der Waals surface area contributed by atoms with Gasteiger partial charge >= 0.3 is 5.97 Å². The number of likely N-dealkylation sites (tertiary alicyclic amines) is 1. The van der Waals surface area contributed by atoms with Crippen LogP contribution in [0.2, 0.25) is 0 Å². The van der Waals surface area contributed by atoms with Crippen LogP contribution in [0.1, 0.15) is 39.0 Å². The number of morpholine rings is 1. The van der Waals surface area contributed by atoms with Crippen molar-refractivity contribution in [1.29, 1.82) is 0 Å². The molecule has 4 rings (SSSR count). The van der Waals surface area contributed by atoms with Gasteiger partial charge in [0, 0.05) is 45.9 Å². The van der Waals surface area contributed by atoms with Crippen molar-refractivity contribution in [2.75, 3.05) is 65.7 Å². The Morgan fingerprint density at radius 1 is 1.25 bits per heavy atom. The van der Waals surface area contributed by atoms with E-state index in [2.05, 4.69) is 11.5 Å². The number of hydrogen-bond acceptors (Lipinski definition) is 8. The van der Waals surface area contributed by atoms with Crippen molar-refractivity contribution in [2.24, 2.45) is 11.8 Å². The third-order valence-electron chi connectivity index (χ3n) is 8.10. The van der Waals surface area contributed by atoms with Gasteiger partial charge in [-0.25, -0.2) is 0 Å². The van der Waals surface area contributed by atoms with E-state index in [1.807, 2.05) is 0 Å². The number of carbonyl (C=O) groups excluding carboxylic acids is 3. The van der Waals surface area contributed by atoms with Gasteiger partial charge in [-0.15, -0.1) is 6.58 Å². The van der Waals surface area contributed by atoms with Gasteiger partial charge in [0.1, 0.15) is 11.6 Å². The van der Waals surface area contributed by atoms with Crippen LogP contribution in [0.4, 0.5) is 0 Å². The number of ether oxygens (including phenoxy) is 3. The first-order valence-corrected chi connectivity index (χ1v) is 13.4. The van der Waals surface area contributed by atoms with Crippen LogP contribution in [-0.2, 0) is 28.6 Å². The zero-order chi connectivity index (χ0) is 25.7. The van der Waals surface area contributed by atoms with Crippen LogP contribution in [0.15, 0.2) is 12.7 Å². The van der Waals surface area contributed by atoms with E-state index in [-0.39, 0.29) is 25.0 Å². The molecule has 10 nitrogen and oxygen atoms in total. The van der Waals surface area contributed by atoms with Gasteiger partial charge in [-0.05, 0) is 39.0 Å². The standard InChI is InChI=1S/C26H41N3O7/c1-3-10-28(13-12-27-14-17-34-18-15-27)24(32)22-26-9-8-19(36-26)20(25(33)35-4-2)21(26)23(31)29(22)11-6-5-7-16-30/h3,19-22,30H,1,4-18H2,2H3/t19-,20+,21+,22-,26+/m0/s1. The van der Waals surface area contributed by atoms with E-state index >= 15 is 0 Å². The van der Waals surface area contributed by atoms with Crippen molar-refractivity contribution in [2.45, 2.75) is 56.8 Å². The molecule has 4 heterocycles. The van der Waals surface area contributed by atoms with Crippen LogP contribution in [0.5, 0.6) is 0 Å². The van der Waals surface area contributed by atoms with Crippen molar-refractivity contribution >= 4 is 17.8 Å². The predicted molar refractivity (Wildman–Crippen MR) is 131 cm³/mol. The number of rotatable bonds is 13. The second-order valence-corrected chi connectivity index (χ2v) is 10.2. The Morgan fingerprint density at radius 3 is 2.72 bits per heavy atom. The summed E-state index contributed by atoms with van der Waals surface area (Å²) >= 11 is 0. The Morgan fingerprint density at radius 2 is 2.03 bits per heavy atom. The number of carbonyl (C=O) groups is 3. The maximum atomic E-state index is 14.2. The SMILES string of the molecule is C=CCN(CCN1CCOCC1)C(=O)[C@@H]1N(CCCCCO)C(=O)[C@H]2[C@H](C(=O)OCC)[C@@H]3CC[C@]12O3. The lowest BCUT2D eigenvalue weighted by atomic mass is 9.70. The van der Waals surface area contributed by atoms with Crippen molar-refractivity contribution < 1.29 is 33.7 Å². The maximum absolute atomic E-state index is 14.2. The summed E-state index contributed by atoms with van der Waals surface area (Å²) in [5, 5.41) is 9.18. The molecule has 0 aromatic carbocycles. The van der Waals surface area contributed by atoms with E-state index in [1.54, 1.807) is 22.8 Å². The lowest BCUT2D eigenvalue weighted by Gasteiger charge is -2.37. The molecule has 1 spiro atoms. The lowest BCUT2D eigenvalue weighted by Crippen LogP contribution is -2.57. The molecule has 4 saturated heterocycles. The molecule has 36 heavy (non-hydrogen) atoms. The summed E-state index contributed by atoms with van der Waals surface area (Å²) in [7, 11) is 0. The third kappa shape index (κ3) is 5.05. The highest BCUT2D eigenvalue weighted by Gasteiger charge is 2.74. The summed E-state index contributed by atoms with van der Waals surface area (Å²) in [5.74, 6) is -2.13. The highest BCUT2D eigenvalue weighted by molar-refractivity contribution is 5.98. The smallest absolute Gasteiger partial charge is 0.312 e. The van der Waals surface area contributed by atoms with Gasteiger partial charge in [-0.3, -0.25) is 19.3 Å². The van der Waals surface area contributed by atoms with Gasteiger partial charge in [0.25, 0.3) is 0 Å². The number of aliphatic hydroxyl groups is 1. The van der Waals surface area contributed by atoms with E-state index in [0.29, 0.717) is 65.1 Å². The molecule has 4 aliphatic heterocycles. The number of unbranched alkanes of at least 4 members (excludes halogenated alkanes) is 2. The fourth-order valence-electron chi connectivity index (χ4n) is 6.46. The highest BCUT2D eigenvalue weighted by Crippen LogP contribution is 2.58. The van der Waals surface area contributed by atoms with Gasteiger partial charge in [-0.1, -0.05) is 6.08 Å². The number of esters is 1. The van der Waals surface area contributed by atoms with Gasteiger partial charge in [0.05, 0.1) is 37.8 Å². The first kappa shape index (κ1) is 27.0. The van der Waals surface area contributed by atoms with E-state index < -0.39 is 35.6 Å². The zero-order valence-corrected chi connectivity index (χ0v) is 21.4. The lowest BCUT2D eigenvalue weighted by molar-refractivity contribution is -0.155. The number of aliphatic hydroxyl groups excluding tert-OH is 1. The van der Waals surface area contributed by atoms with Crippen LogP contribution in [-0.4, -0.2) is 121 Å². The number of amides is 2. The molecule has 1 N–H and O–H groups in total. The Bertz CT molecular complexity index is 817. The van der Waals surface area contributed by atoms with Crippen LogP contribution in [0.25, 0.3) is 0 Å². The molecule has 4 aliphatic rings. The van der Waals surface area contributed by atoms with Crippen molar-refractivity contribution in [3.8, 4) is 0 Å². The summed E-state index contributed by atoms with van der Waals surface area (Å²) < 4.78 is 17.2. The van der Waals surface area contributed by atoms with Gasteiger partial charge in [0.15, 0.2) is 0 Å². The number of fused-ring (bicyclic) bond motifs is 1. The van der Waals surface area contributed by atoms with Gasteiger partial charge in [0.2, 0.25) is 11.8 Å². The molecule has 202 valence electrons. The minimum Gasteiger partial charge on any atom is -0.466 e. The summed E-state index contributed by atoms with van der Waals surface area (Å²) in [4.78, 5) is 46.6. The second-order valence-electron chi connectivity index (χ2n) is 10.2.